The first-order valence-corrected chi connectivity index (χ1v) is 5.63. The summed E-state index contributed by atoms with van der Waals surface area (Å²) in [6, 6.07) is 0. The Labute approximate surface area is 93.8 Å². The molecule has 16 heavy (non-hydrogen) atoms. The van der Waals surface area contributed by atoms with Crippen molar-refractivity contribution in [3.63, 3.8) is 0 Å². The number of aromatic nitrogens is 2. The van der Waals surface area contributed by atoms with Gasteiger partial charge in [-0.1, -0.05) is 6.42 Å². The van der Waals surface area contributed by atoms with E-state index in [1.54, 1.807) is 6.92 Å². The second-order valence-corrected chi connectivity index (χ2v) is 4.21. The van der Waals surface area contributed by atoms with Gasteiger partial charge in [0.15, 0.2) is 0 Å². The molecule has 1 fully saturated rings. The number of nitrogens with one attached hydrogen (secondary N) is 1. The van der Waals surface area contributed by atoms with E-state index in [2.05, 4.69) is 10.2 Å². The van der Waals surface area contributed by atoms with E-state index in [9.17, 15) is 4.79 Å². The van der Waals surface area contributed by atoms with Crippen molar-refractivity contribution in [1.29, 1.82) is 0 Å². The number of rotatable bonds is 3. The van der Waals surface area contributed by atoms with Crippen LogP contribution in [0.4, 0.5) is 0 Å². The summed E-state index contributed by atoms with van der Waals surface area (Å²) in [5, 5.41) is 15.2. The van der Waals surface area contributed by atoms with E-state index < -0.39 is 5.97 Å². The molecule has 5 nitrogen and oxygen atoms in total. The molecule has 0 unspecified atom stereocenters. The van der Waals surface area contributed by atoms with Crippen LogP contribution in [-0.4, -0.2) is 27.4 Å². The summed E-state index contributed by atoms with van der Waals surface area (Å²) in [4.78, 5) is 10.8. The number of hydrogen-bond donors (Lipinski definition) is 2. The Bertz CT molecular complexity index is 381. The Morgan fingerprint density at radius 3 is 2.69 bits per heavy atom. The zero-order valence-electron chi connectivity index (χ0n) is 9.32. The summed E-state index contributed by atoms with van der Waals surface area (Å²) in [5.41, 5.74) is 0.698. The molecular formula is C11H16N2O3. The third-order valence-electron chi connectivity index (χ3n) is 3.01. The maximum absolute atomic E-state index is 10.8. The van der Waals surface area contributed by atoms with Crippen molar-refractivity contribution < 1.29 is 14.6 Å². The lowest BCUT2D eigenvalue weighted by atomic mass is 9.98. The summed E-state index contributed by atoms with van der Waals surface area (Å²) in [7, 11) is 0. The van der Waals surface area contributed by atoms with E-state index >= 15 is 0 Å². The number of carboxylic acid groups (broad SMARTS) is 1. The van der Waals surface area contributed by atoms with Crippen molar-refractivity contribution in [2.45, 2.75) is 45.1 Å². The minimum absolute atomic E-state index is 0.116. The monoisotopic (exact) mass is 224 g/mol. The zero-order chi connectivity index (χ0) is 11.5. The number of carboxylic acids is 1. The van der Waals surface area contributed by atoms with E-state index in [0.717, 1.165) is 12.8 Å². The number of H-pyrrole nitrogens is 1. The Morgan fingerprint density at radius 2 is 2.12 bits per heavy atom. The van der Waals surface area contributed by atoms with Crippen LogP contribution >= 0.6 is 0 Å². The fourth-order valence-electron chi connectivity index (χ4n) is 2.05. The van der Waals surface area contributed by atoms with Crippen LogP contribution < -0.4 is 4.74 Å². The lowest BCUT2D eigenvalue weighted by Crippen LogP contribution is -2.20. The van der Waals surface area contributed by atoms with Crippen LogP contribution in [0.3, 0.4) is 0 Å². The number of aromatic carboxylic acids is 1. The number of aromatic amines is 1. The lowest BCUT2D eigenvalue weighted by molar-refractivity contribution is 0.0689. The predicted molar refractivity (Wildman–Crippen MR) is 57.8 cm³/mol. The molecule has 0 atom stereocenters. The van der Waals surface area contributed by atoms with E-state index in [0.29, 0.717) is 11.4 Å². The Balaban J connectivity index is 2.06. The second-order valence-electron chi connectivity index (χ2n) is 4.21. The van der Waals surface area contributed by atoms with Gasteiger partial charge in [0.05, 0.1) is 0 Å². The number of ether oxygens (including phenoxy) is 1. The molecule has 0 spiro atoms. The standard InChI is InChI=1S/C11H16N2O3/c1-7-9(11(14)15)12-13-10(7)16-8-5-3-2-4-6-8/h8H,2-6H2,1H3,(H,12,13)(H,14,15). The molecule has 0 aromatic carbocycles. The molecule has 0 aliphatic heterocycles. The molecule has 1 aliphatic rings. The van der Waals surface area contributed by atoms with E-state index in [-0.39, 0.29) is 11.8 Å². The average Bonchev–Trinajstić information content (AvgIpc) is 2.62. The first kappa shape index (κ1) is 11.0. The van der Waals surface area contributed by atoms with Gasteiger partial charge in [0.1, 0.15) is 11.8 Å². The Kier molecular flexibility index (Phi) is 3.12. The van der Waals surface area contributed by atoms with Crippen molar-refractivity contribution >= 4 is 5.97 Å². The molecule has 1 aromatic rings. The molecule has 0 amide bonds. The van der Waals surface area contributed by atoms with Gasteiger partial charge in [-0.05, 0) is 32.6 Å². The van der Waals surface area contributed by atoms with Crippen LogP contribution in [-0.2, 0) is 0 Å². The molecule has 1 aromatic heterocycles. The molecule has 0 saturated heterocycles. The fraction of sp³-hybridized carbons (Fsp3) is 0.636. The van der Waals surface area contributed by atoms with Gasteiger partial charge < -0.3 is 9.84 Å². The van der Waals surface area contributed by atoms with Crippen LogP contribution in [0.5, 0.6) is 5.88 Å². The maximum Gasteiger partial charge on any atom is 0.354 e. The third-order valence-corrected chi connectivity index (χ3v) is 3.01. The quantitative estimate of drug-likeness (QED) is 0.824. The molecule has 0 bridgehead atoms. The molecule has 2 rings (SSSR count). The van der Waals surface area contributed by atoms with Gasteiger partial charge >= 0.3 is 5.97 Å². The number of hydrogen-bond acceptors (Lipinski definition) is 3. The number of nitrogens with zero attached hydrogens (tertiary/aromatic N) is 1. The lowest BCUT2D eigenvalue weighted by Gasteiger charge is -2.21. The van der Waals surface area contributed by atoms with Gasteiger partial charge in [0, 0.05) is 5.56 Å². The maximum atomic E-state index is 10.8. The van der Waals surface area contributed by atoms with Gasteiger partial charge in [-0.15, -0.1) is 5.10 Å². The van der Waals surface area contributed by atoms with Crippen molar-refractivity contribution in [2.75, 3.05) is 0 Å². The van der Waals surface area contributed by atoms with Crippen molar-refractivity contribution in [3.05, 3.63) is 11.3 Å². The average molecular weight is 224 g/mol. The van der Waals surface area contributed by atoms with E-state index in [1.165, 1.54) is 19.3 Å². The molecule has 5 heteroatoms. The third kappa shape index (κ3) is 2.18. The molecule has 1 heterocycles. The van der Waals surface area contributed by atoms with Crippen LogP contribution in [0.2, 0.25) is 0 Å². The zero-order valence-corrected chi connectivity index (χ0v) is 9.32. The Hall–Kier alpha value is -1.52. The summed E-state index contributed by atoms with van der Waals surface area (Å²) in [6.45, 7) is 1.71. The molecule has 1 saturated carbocycles. The largest absolute Gasteiger partial charge is 0.477 e. The first-order chi connectivity index (χ1) is 7.68. The van der Waals surface area contributed by atoms with Gasteiger partial charge in [-0.3, -0.25) is 5.10 Å². The molecular weight excluding hydrogens is 208 g/mol. The molecule has 2 N–H and O–H groups in total. The van der Waals surface area contributed by atoms with Gasteiger partial charge in [-0.25, -0.2) is 4.79 Å². The smallest absolute Gasteiger partial charge is 0.354 e. The summed E-state index contributed by atoms with van der Waals surface area (Å²) in [6.07, 6.45) is 5.89. The minimum atomic E-state index is -0.997. The summed E-state index contributed by atoms with van der Waals surface area (Å²) < 4.78 is 5.71. The van der Waals surface area contributed by atoms with Crippen LogP contribution in [0, 0.1) is 6.92 Å². The van der Waals surface area contributed by atoms with Crippen molar-refractivity contribution in [3.8, 4) is 5.88 Å². The number of carbonyl (C=O) groups is 1. The normalized spacial score (nSPS) is 17.3. The fourth-order valence-corrected chi connectivity index (χ4v) is 2.05. The minimum Gasteiger partial charge on any atom is -0.477 e. The van der Waals surface area contributed by atoms with Crippen molar-refractivity contribution in [1.82, 2.24) is 10.2 Å². The van der Waals surface area contributed by atoms with E-state index in [4.69, 9.17) is 9.84 Å². The molecule has 88 valence electrons. The van der Waals surface area contributed by atoms with Gasteiger partial charge in [0.2, 0.25) is 5.88 Å². The highest BCUT2D eigenvalue weighted by Crippen LogP contribution is 2.25. The predicted octanol–water partition coefficient (Wildman–Crippen LogP) is 2.13. The highest BCUT2D eigenvalue weighted by atomic mass is 16.5. The summed E-state index contributed by atoms with van der Waals surface area (Å²) >= 11 is 0. The van der Waals surface area contributed by atoms with Crippen LogP contribution in [0.1, 0.15) is 48.2 Å². The van der Waals surface area contributed by atoms with Crippen molar-refractivity contribution in [2.24, 2.45) is 0 Å². The SMILES string of the molecule is Cc1c(OC2CCCCC2)n[nH]c1C(=O)O. The Morgan fingerprint density at radius 1 is 1.44 bits per heavy atom. The topological polar surface area (TPSA) is 75.2 Å². The highest BCUT2D eigenvalue weighted by molar-refractivity contribution is 5.87. The van der Waals surface area contributed by atoms with Crippen LogP contribution in [0.15, 0.2) is 0 Å². The van der Waals surface area contributed by atoms with Crippen LogP contribution in [0.25, 0.3) is 0 Å². The highest BCUT2D eigenvalue weighted by Gasteiger charge is 2.20. The van der Waals surface area contributed by atoms with E-state index in [1.807, 2.05) is 0 Å². The molecule has 0 radical (unpaired) electrons. The summed E-state index contributed by atoms with van der Waals surface area (Å²) in [5.74, 6) is -0.562. The van der Waals surface area contributed by atoms with Gasteiger partial charge in [-0.2, -0.15) is 0 Å². The molecule has 1 aliphatic carbocycles. The van der Waals surface area contributed by atoms with Gasteiger partial charge in [0.25, 0.3) is 0 Å². The second kappa shape index (κ2) is 4.55. The first-order valence-electron chi connectivity index (χ1n) is 5.63.